The first kappa shape index (κ1) is 26.1. The van der Waals surface area contributed by atoms with E-state index in [1.165, 1.54) is 22.3 Å². The van der Waals surface area contributed by atoms with E-state index < -0.39 is 0 Å². The van der Waals surface area contributed by atoms with Crippen molar-refractivity contribution in [2.75, 3.05) is 4.90 Å². The Labute approximate surface area is 238 Å². The van der Waals surface area contributed by atoms with E-state index in [9.17, 15) is 0 Å². The molecule has 6 rings (SSSR count). The fourth-order valence-corrected chi connectivity index (χ4v) is 5.10. The summed E-state index contributed by atoms with van der Waals surface area (Å²) in [6, 6.07) is 47.0. The van der Waals surface area contributed by atoms with Gasteiger partial charge in [-0.3, -0.25) is 0 Å². The third-order valence-electron chi connectivity index (χ3n) is 8.12. The van der Waals surface area contributed by atoms with Crippen molar-refractivity contribution in [3.05, 3.63) is 133 Å². The standard InChI is InChI=1S/C36H34BNO2/c1-35(2)36(3,4)40-37(39-35)31-20-24-33(25-21-31)38(32-22-18-29(19-23-32)27-12-7-5-8-13-27)34-17-11-16-30(26-34)28-14-9-6-10-15-28/h5-26H,1-4H3. The van der Waals surface area contributed by atoms with Crippen LogP contribution in [0.15, 0.2) is 133 Å². The Morgan fingerprint density at radius 1 is 0.450 bits per heavy atom. The summed E-state index contributed by atoms with van der Waals surface area (Å²) in [6.07, 6.45) is 0. The molecule has 3 nitrogen and oxygen atoms in total. The number of hydrogen-bond donors (Lipinski definition) is 0. The van der Waals surface area contributed by atoms with E-state index in [0.29, 0.717) is 0 Å². The van der Waals surface area contributed by atoms with Gasteiger partial charge in [0.25, 0.3) is 0 Å². The van der Waals surface area contributed by atoms with E-state index in [0.717, 1.165) is 22.5 Å². The van der Waals surface area contributed by atoms with Crippen LogP contribution in [0.1, 0.15) is 27.7 Å². The fourth-order valence-electron chi connectivity index (χ4n) is 5.10. The number of nitrogens with zero attached hydrogens (tertiary/aromatic N) is 1. The lowest BCUT2D eigenvalue weighted by atomic mass is 9.79. The summed E-state index contributed by atoms with van der Waals surface area (Å²) >= 11 is 0. The molecule has 0 atom stereocenters. The molecule has 40 heavy (non-hydrogen) atoms. The molecule has 4 heteroatoms. The molecule has 0 spiro atoms. The lowest BCUT2D eigenvalue weighted by molar-refractivity contribution is 0.00578. The highest BCUT2D eigenvalue weighted by atomic mass is 16.7. The molecule has 1 fully saturated rings. The minimum Gasteiger partial charge on any atom is -0.399 e. The molecule has 1 heterocycles. The SMILES string of the molecule is CC1(C)OB(c2ccc(N(c3ccc(-c4ccccc4)cc3)c3cccc(-c4ccccc4)c3)cc2)OC1(C)C. The van der Waals surface area contributed by atoms with Gasteiger partial charge in [0.05, 0.1) is 11.2 Å². The number of rotatable bonds is 6. The molecule has 1 aliphatic heterocycles. The molecule has 0 unspecified atom stereocenters. The Balaban J connectivity index is 1.38. The average molecular weight is 523 g/mol. The molecule has 0 amide bonds. The Bertz CT molecular complexity index is 1560. The highest BCUT2D eigenvalue weighted by Crippen LogP contribution is 2.39. The molecule has 1 saturated heterocycles. The minimum absolute atomic E-state index is 0.374. The van der Waals surface area contributed by atoms with Crippen molar-refractivity contribution < 1.29 is 9.31 Å². The molecule has 0 aromatic heterocycles. The third kappa shape index (κ3) is 5.09. The first-order valence-electron chi connectivity index (χ1n) is 13.9. The molecule has 1 aliphatic rings. The van der Waals surface area contributed by atoms with Crippen LogP contribution in [0.3, 0.4) is 0 Å². The lowest BCUT2D eigenvalue weighted by Gasteiger charge is -2.32. The second-order valence-electron chi connectivity index (χ2n) is 11.3. The molecule has 198 valence electrons. The first-order chi connectivity index (χ1) is 19.3. The van der Waals surface area contributed by atoms with Crippen molar-refractivity contribution >= 4 is 29.6 Å². The van der Waals surface area contributed by atoms with Gasteiger partial charge in [0.2, 0.25) is 0 Å². The Morgan fingerprint density at radius 2 is 0.900 bits per heavy atom. The van der Waals surface area contributed by atoms with Crippen LogP contribution in [0.4, 0.5) is 17.1 Å². The van der Waals surface area contributed by atoms with Gasteiger partial charge in [-0.2, -0.15) is 0 Å². The summed E-state index contributed by atoms with van der Waals surface area (Å²) in [5.74, 6) is 0. The van der Waals surface area contributed by atoms with Crippen LogP contribution in [-0.4, -0.2) is 18.3 Å². The Kier molecular flexibility index (Phi) is 6.83. The smallest absolute Gasteiger partial charge is 0.399 e. The predicted molar refractivity (Wildman–Crippen MR) is 168 cm³/mol. The summed E-state index contributed by atoms with van der Waals surface area (Å²) in [7, 11) is -0.390. The molecule has 5 aromatic rings. The van der Waals surface area contributed by atoms with E-state index in [-0.39, 0.29) is 18.3 Å². The molecule has 0 N–H and O–H groups in total. The Hall–Kier alpha value is -4.12. The van der Waals surface area contributed by atoms with Crippen LogP contribution in [0.2, 0.25) is 0 Å². The van der Waals surface area contributed by atoms with E-state index in [2.05, 4.69) is 160 Å². The van der Waals surface area contributed by atoms with Crippen molar-refractivity contribution in [1.29, 1.82) is 0 Å². The van der Waals surface area contributed by atoms with Gasteiger partial charge in [-0.05, 0) is 91.8 Å². The summed E-state index contributed by atoms with van der Waals surface area (Å²) in [5.41, 5.74) is 8.29. The van der Waals surface area contributed by atoms with Crippen LogP contribution in [0.5, 0.6) is 0 Å². The molecule has 0 bridgehead atoms. The van der Waals surface area contributed by atoms with Gasteiger partial charge >= 0.3 is 7.12 Å². The van der Waals surface area contributed by atoms with Crippen molar-refractivity contribution in [2.45, 2.75) is 38.9 Å². The normalized spacial score (nSPS) is 15.7. The first-order valence-corrected chi connectivity index (χ1v) is 13.9. The van der Waals surface area contributed by atoms with Gasteiger partial charge in [-0.1, -0.05) is 97.1 Å². The van der Waals surface area contributed by atoms with Crippen LogP contribution in [-0.2, 0) is 9.31 Å². The van der Waals surface area contributed by atoms with Gasteiger partial charge in [-0.25, -0.2) is 0 Å². The maximum absolute atomic E-state index is 6.30. The quantitative estimate of drug-likeness (QED) is 0.208. The van der Waals surface area contributed by atoms with Crippen LogP contribution >= 0.6 is 0 Å². The second kappa shape index (κ2) is 10.5. The fraction of sp³-hybridized carbons (Fsp3) is 0.167. The van der Waals surface area contributed by atoms with Crippen molar-refractivity contribution in [2.24, 2.45) is 0 Å². The molecule has 0 saturated carbocycles. The van der Waals surface area contributed by atoms with Gasteiger partial charge in [0, 0.05) is 17.1 Å². The Morgan fingerprint density at radius 3 is 1.45 bits per heavy atom. The van der Waals surface area contributed by atoms with Gasteiger partial charge in [0.1, 0.15) is 0 Å². The van der Waals surface area contributed by atoms with Gasteiger partial charge in [0.15, 0.2) is 0 Å². The zero-order chi connectivity index (χ0) is 27.7. The highest BCUT2D eigenvalue weighted by Gasteiger charge is 2.51. The molecule has 0 radical (unpaired) electrons. The molecular weight excluding hydrogens is 489 g/mol. The van der Waals surface area contributed by atoms with E-state index in [1.807, 2.05) is 6.07 Å². The summed E-state index contributed by atoms with van der Waals surface area (Å²) in [5, 5.41) is 0. The zero-order valence-corrected chi connectivity index (χ0v) is 23.5. The largest absolute Gasteiger partial charge is 0.494 e. The van der Waals surface area contributed by atoms with Crippen molar-refractivity contribution in [3.63, 3.8) is 0 Å². The summed E-state index contributed by atoms with van der Waals surface area (Å²) in [6.45, 7) is 8.34. The van der Waals surface area contributed by atoms with Crippen molar-refractivity contribution in [1.82, 2.24) is 0 Å². The highest BCUT2D eigenvalue weighted by molar-refractivity contribution is 6.62. The number of hydrogen-bond acceptors (Lipinski definition) is 3. The molecular formula is C36H34BNO2. The van der Waals surface area contributed by atoms with E-state index in [1.54, 1.807) is 0 Å². The average Bonchev–Trinajstić information content (AvgIpc) is 3.21. The monoisotopic (exact) mass is 523 g/mol. The summed E-state index contributed by atoms with van der Waals surface area (Å²) in [4.78, 5) is 2.30. The van der Waals surface area contributed by atoms with E-state index >= 15 is 0 Å². The van der Waals surface area contributed by atoms with Crippen LogP contribution in [0, 0.1) is 0 Å². The van der Waals surface area contributed by atoms with Crippen LogP contribution in [0.25, 0.3) is 22.3 Å². The van der Waals surface area contributed by atoms with E-state index in [4.69, 9.17) is 9.31 Å². The molecule has 5 aromatic carbocycles. The topological polar surface area (TPSA) is 21.7 Å². The number of benzene rings is 5. The minimum atomic E-state index is -0.390. The maximum atomic E-state index is 6.30. The van der Waals surface area contributed by atoms with Gasteiger partial charge in [-0.15, -0.1) is 0 Å². The van der Waals surface area contributed by atoms with Crippen molar-refractivity contribution in [3.8, 4) is 22.3 Å². The lowest BCUT2D eigenvalue weighted by Crippen LogP contribution is -2.41. The summed E-state index contributed by atoms with van der Waals surface area (Å²) < 4.78 is 12.6. The zero-order valence-electron chi connectivity index (χ0n) is 23.5. The third-order valence-corrected chi connectivity index (χ3v) is 8.12. The van der Waals surface area contributed by atoms with Crippen LogP contribution < -0.4 is 10.4 Å². The second-order valence-corrected chi connectivity index (χ2v) is 11.3. The maximum Gasteiger partial charge on any atom is 0.494 e. The van der Waals surface area contributed by atoms with Gasteiger partial charge < -0.3 is 14.2 Å². The predicted octanol–water partition coefficient (Wildman–Crippen LogP) is 8.79. The molecule has 0 aliphatic carbocycles. The number of anilines is 3.